The summed E-state index contributed by atoms with van der Waals surface area (Å²) in [5.41, 5.74) is 0.313. The highest BCUT2D eigenvalue weighted by Crippen LogP contribution is 2.29. The van der Waals surface area contributed by atoms with Gasteiger partial charge in [0, 0.05) is 46.5 Å². The lowest BCUT2D eigenvalue weighted by atomic mass is 9.90. The Hall–Kier alpha value is -3.63. The lowest BCUT2D eigenvalue weighted by Crippen LogP contribution is -2.57. The largest absolute Gasteiger partial charge is 0.444 e. The summed E-state index contributed by atoms with van der Waals surface area (Å²) in [5.74, 6) is -1.33. The van der Waals surface area contributed by atoms with Gasteiger partial charge in [-0.15, -0.1) is 11.3 Å². The van der Waals surface area contributed by atoms with Crippen molar-refractivity contribution in [2.45, 2.75) is 122 Å². The fourth-order valence-corrected chi connectivity index (χ4v) is 7.41. The molecule has 0 radical (unpaired) electrons. The molecule has 0 spiro atoms. The number of ether oxygens (including phenoxy) is 5. The molecule has 3 rings (SSSR count). The fraction of sp³-hybridized carbons (Fsp3) is 0.667. The highest BCUT2D eigenvalue weighted by atomic mass is 32.1. The Morgan fingerprint density at radius 2 is 1.67 bits per heavy atom. The number of aromatic nitrogens is 1. The number of benzene rings is 1. The average molecular weight is 776 g/mol. The Morgan fingerprint density at radius 3 is 2.20 bits per heavy atom. The zero-order valence-corrected chi connectivity index (χ0v) is 34.4. The molecule has 2 aromatic rings. The molecule has 0 aliphatic carbocycles. The molecule has 3 N–H and O–H groups in total. The number of alkyl carbamates (subject to hydrolysis) is 1. The summed E-state index contributed by atoms with van der Waals surface area (Å²) in [7, 11) is 6.18. The first-order chi connectivity index (χ1) is 25.5. The molecule has 15 heteroatoms. The van der Waals surface area contributed by atoms with E-state index in [-0.39, 0.29) is 48.6 Å². The summed E-state index contributed by atoms with van der Waals surface area (Å²) in [6, 6.07) is 8.09. The predicted octanol–water partition coefficient (Wildman–Crippen LogP) is 4.28. The standard InChI is InChI=1S/C39H61N5O9S/c1-12-24(4)31(44(8)37(47)30(23(2)3)43-38(48)53-39(5,6)7)27(49-9)21-29(45)41-22-28-32(50-10)33(51-11)34(52-28)35(46)42-26(36-40-18-19-54-36)20-25-16-14-13-15-17-25/h13-19,23-24,26-28,30-34H,12,20-22H2,1-11H3,(H,41,45)(H,42,46)(H,43,48)/t24-,26-,27-,28?,30-,31?,32+,33-,34-/m0/s1. The third kappa shape index (κ3) is 12.4. The minimum atomic E-state index is -1.01. The molecule has 2 unspecified atom stereocenters. The molecule has 1 aliphatic rings. The number of hydrogen-bond acceptors (Lipinski definition) is 11. The number of methoxy groups -OCH3 is 3. The zero-order chi connectivity index (χ0) is 40.2. The van der Waals surface area contributed by atoms with Gasteiger partial charge in [0.05, 0.1) is 24.6 Å². The van der Waals surface area contributed by atoms with Gasteiger partial charge in [0.1, 0.15) is 35.0 Å². The Balaban J connectivity index is 1.70. The van der Waals surface area contributed by atoms with Gasteiger partial charge in [-0.1, -0.05) is 64.4 Å². The normalized spacial score (nSPS) is 21.4. The van der Waals surface area contributed by atoms with Crippen molar-refractivity contribution in [3.63, 3.8) is 0 Å². The van der Waals surface area contributed by atoms with Gasteiger partial charge in [-0.2, -0.15) is 0 Å². The summed E-state index contributed by atoms with van der Waals surface area (Å²) in [4.78, 5) is 59.9. The molecule has 1 fully saturated rings. The number of amides is 4. The van der Waals surface area contributed by atoms with Crippen molar-refractivity contribution in [2.75, 3.05) is 34.9 Å². The lowest BCUT2D eigenvalue weighted by molar-refractivity contribution is -0.142. The first kappa shape index (κ1) is 44.8. The Kier molecular flexibility index (Phi) is 17.3. The van der Waals surface area contributed by atoms with Crippen molar-refractivity contribution in [3.05, 3.63) is 52.5 Å². The third-order valence-electron chi connectivity index (χ3n) is 9.66. The lowest BCUT2D eigenvalue weighted by Gasteiger charge is -2.39. The van der Waals surface area contributed by atoms with Gasteiger partial charge in [0.2, 0.25) is 11.8 Å². The number of carbonyl (C=O) groups is 4. The monoisotopic (exact) mass is 775 g/mol. The van der Waals surface area contributed by atoms with E-state index in [1.807, 2.05) is 63.4 Å². The van der Waals surface area contributed by atoms with Crippen molar-refractivity contribution >= 4 is 35.2 Å². The molecule has 0 saturated carbocycles. The van der Waals surface area contributed by atoms with Gasteiger partial charge < -0.3 is 44.5 Å². The first-order valence-electron chi connectivity index (χ1n) is 18.5. The number of nitrogens with zero attached hydrogens (tertiary/aromatic N) is 2. The Labute approximate surface area is 324 Å². The maximum Gasteiger partial charge on any atom is 0.408 e. The second-order valence-electron chi connectivity index (χ2n) is 15.1. The maximum absolute atomic E-state index is 13.9. The van der Waals surface area contributed by atoms with Gasteiger partial charge in [-0.05, 0) is 44.6 Å². The van der Waals surface area contributed by atoms with Crippen LogP contribution < -0.4 is 16.0 Å². The van der Waals surface area contributed by atoms with E-state index >= 15 is 0 Å². The molecule has 1 saturated heterocycles. The predicted molar refractivity (Wildman–Crippen MR) is 206 cm³/mol. The van der Waals surface area contributed by atoms with Gasteiger partial charge in [0.25, 0.3) is 5.91 Å². The molecule has 54 heavy (non-hydrogen) atoms. The number of hydrogen-bond donors (Lipinski definition) is 3. The van der Waals surface area contributed by atoms with Crippen molar-refractivity contribution in [1.82, 2.24) is 25.8 Å². The van der Waals surface area contributed by atoms with Crippen molar-refractivity contribution in [3.8, 4) is 0 Å². The average Bonchev–Trinajstić information content (AvgIpc) is 3.80. The van der Waals surface area contributed by atoms with Crippen LogP contribution in [0.5, 0.6) is 0 Å². The van der Waals surface area contributed by atoms with E-state index in [9.17, 15) is 19.2 Å². The zero-order valence-electron chi connectivity index (χ0n) is 33.6. The number of likely N-dealkylation sites (N-methyl/N-ethyl adjacent to an activating group) is 1. The summed E-state index contributed by atoms with van der Waals surface area (Å²) >= 11 is 1.46. The highest BCUT2D eigenvalue weighted by Gasteiger charge is 2.49. The summed E-state index contributed by atoms with van der Waals surface area (Å²) in [6.07, 6.45) is -1.58. The van der Waals surface area contributed by atoms with E-state index in [4.69, 9.17) is 23.7 Å². The van der Waals surface area contributed by atoms with E-state index < -0.39 is 54.3 Å². The molecular formula is C39H61N5O9S. The summed E-state index contributed by atoms with van der Waals surface area (Å²) in [5, 5.41) is 11.4. The number of rotatable bonds is 19. The molecule has 0 bridgehead atoms. The number of nitrogens with one attached hydrogen (secondary N) is 3. The molecule has 302 valence electrons. The van der Waals surface area contributed by atoms with Crippen LogP contribution in [0.1, 0.15) is 77.9 Å². The summed E-state index contributed by atoms with van der Waals surface area (Å²) in [6.45, 7) is 13.0. The maximum atomic E-state index is 13.9. The molecule has 1 aliphatic heterocycles. The highest BCUT2D eigenvalue weighted by molar-refractivity contribution is 7.09. The molecular weight excluding hydrogens is 715 g/mol. The van der Waals surface area contributed by atoms with Gasteiger partial charge >= 0.3 is 6.09 Å². The molecule has 1 aromatic heterocycles. The molecule has 1 aromatic carbocycles. The topological polar surface area (TPSA) is 167 Å². The van der Waals surface area contributed by atoms with E-state index in [1.54, 1.807) is 38.9 Å². The molecule has 2 heterocycles. The van der Waals surface area contributed by atoms with Gasteiger partial charge in [-0.25, -0.2) is 9.78 Å². The van der Waals surface area contributed by atoms with Crippen LogP contribution in [0.25, 0.3) is 0 Å². The summed E-state index contributed by atoms with van der Waals surface area (Å²) < 4.78 is 29.0. The molecule has 9 atom stereocenters. The van der Waals surface area contributed by atoms with E-state index in [2.05, 4.69) is 20.9 Å². The van der Waals surface area contributed by atoms with Gasteiger partial charge in [-0.3, -0.25) is 14.4 Å². The van der Waals surface area contributed by atoms with Crippen LogP contribution in [0.3, 0.4) is 0 Å². The van der Waals surface area contributed by atoms with E-state index in [1.165, 1.54) is 32.7 Å². The van der Waals surface area contributed by atoms with Crippen LogP contribution in [0.4, 0.5) is 4.79 Å². The number of thiazole rings is 1. The minimum Gasteiger partial charge on any atom is -0.444 e. The van der Waals surface area contributed by atoms with E-state index in [0.29, 0.717) is 12.8 Å². The SMILES string of the molecule is CC[C@H](C)C([C@H](CC(=O)NCC1O[C@H](C(=O)N[C@@H](Cc2ccccc2)c2nccs2)[C@@H](OC)[C@@H]1OC)OC)N(C)C(=O)[C@@H](NC(=O)OC(C)(C)C)C(C)C. The van der Waals surface area contributed by atoms with Crippen LogP contribution in [0, 0.1) is 11.8 Å². The number of carbonyl (C=O) groups excluding carboxylic acids is 4. The van der Waals surface area contributed by atoms with E-state index in [0.717, 1.165) is 10.6 Å². The van der Waals surface area contributed by atoms with Crippen LogP contribution in [-0.4, -0.2) is 117 Å². The van der Waals surface area contributed by atoms with Crippen LogP contribution in [0.2, 0.25) is 0 Å². The fourth-order valence-electron chi connectivity index (χ4n) is 6.72. The Morgan fingerprint density at radius 1 is 1.00 bits per heavy atom. The van der Waals surface area contributed by atoms with Crippen molar-refractivity contribution in [1.29, 1.82) is 0 Å². The first-order valence-corrected chi connectivity index (χ1v) is 19.4. The third-order valence-corrected chi connectivity index (χ3v) is 10.5. The second kappa shape index (κ2) is 20.9. The quantitative estimate of drug-likeness (QED) is 0.188. The van der Waals surface area contributed by atoms with Crippen molar-refractivity contribution < 1.29 is 42.9 Å². The molecule has 14 nitrogen and oxygen atoms in total. The minimum absolute atomic E-state index is 0.0370. The van der Waals surface area contributed by atoms with Crippen LogP contribution >= 0.6 is 11.3 Å². The van der Waals surface area contributed by atoms with Crippen molar-refractivity contribution in [2.24, 2.45) is 11.8 Å². The van der Waals surface area contributed by atoms with Gasteiger partial charge in [0.15, 0.2) is 6.10 Å². The Bertz CT molecular complexity index is 1470. The van der Waals surface area contributed by atoms with Crippen LogP contribution in [-0.2, 0) is 44.5 Å². The second-order valence-corrected chi connectivity index (χ2v) is 16.0. The smallest absolute Gasteiger partial charge is 0.408 e. The van der Waals surface area contributed by atoms with Crippen LogP contribution in [0.15, 0.2) is 41.9 Å². The molecule has 4 amide bonds.